The lowest BCUT2D eigenvalue weighted by Gasteiger charge is -2.43. The quantitative estimate of drug-likeness (QED) is 0.818. The molecule has 2 aliphatic heterocycles. The van der Waals surface area contributed by atoms with E-state index < -0.39 is 0 Å². The van der Waals surface area contributed by atoms with Crippen molar-refractivity contribution in [3.05, 3.63) is 35.9 Å². The van der Waals surface area contributed by atoms with Crippen LogP contribution in [0, 0.1) is 5.92 Å². The molecule has 112 valence electrons. The molecule has 0 N–H and O–H groups in total. The van der Waals surface area contributed by atoms with Crippen molar-refractivity contribution < 1.29 is 14.3 Å². The van der Waals surface area contributed by atoms with Gasteiger partial charge < -0.3 is 14.5 Å². The van der Waals surface area contributed by atoms with E-state index in [1.54, 1.807) is 11.8 Å². The smallest absolute Gasteiger partial charge is 0.229 e. The first-order valence-electron chi connectivity index (χ1n) is 7.35. The summed E-state index contributed by atoms with van der Waals surface area (Å²) in [4.78, 5) is 27.5. The van der Waals surface area contributed by atoms with Gasteiger partial charge in [-0.25, -0.2) is 0 Å². The molecule has 1 aromatic carbocycles. The van der Waals surface area contributed by atoms with E-state index in [1.807, 2.05) is 35.2 Å². The van der Waals surface area contributed by atoms with Crippen molar-refractivity contribution in [2.45, 2.75) is 13.0 Å². The molecule has 0 spiro atoms. The van der Waals surface area contributed by atoms with E-state index in [4.69, 9.17) is 4.74 Å². The molecule has 5 nitrogen and oxygen atoms in total. The molecule has 0 saturated carbocycles. The second kappa shape index (κ2) is 5.85. The van der Waals surface area contributed by atoms with Gasteiger partial charge in [-0.15, -0.1) is 0 Å². The second-order valence-electron chi connectivity index (χ2n) is 5.65. The molecule has 0 aromatic heterocycles. The second-order valence-corrected chi connectivity index (χ2v) is 5.65. The third-order valence-electron chi connectivity index (χ3n) is 4.27. The minimum Gasteiger partial charge on any atom is -0.377 e. The van der Waals surface area contributed by atoms with E-state index >= 15 is 0 Å². The molecule has 5 heteroatoms. The van der Waals surface area contributed by atoms with Gasteiger partial charge in [-0.2, -0.15) is 0 Å². The fourth-order valence-electron chi connectivity index (χ4n) is 2.95. The van der Waals surface area contributed by atoms with E-state index in [1.165, 1.54) is 0 Å². The number of benzene rings is 1. The highest BCUT2D eigenvalue weighted by atomic mass is 16.5. The van der Waals surface area contributed by atoms with Gasteiger partial charge in [-0.3, -0.25) is 9.59 Å². The van der Waals surface area contributed by atoms with Crippen LogP contribution >= 0.6 is 0 Å². The van der Waals surface area contributed by atoms with Gasteiger partial charge in [0.25, 0.3) is 0 Å². The molecule has 1 aromatic rings. The summed E-state index contributed by atoms with van der Waals surface area (Å²) in [5.74, 6) is 0.128. The lowest BCUT2D eigenvalue weighted by molar-refractivity contribution is -0.154. The van der Waals surface area contributed by atoms with E-state index in [2.05, 4.69) is 0 Å². The highest BCUT2D eigenvalue weighted by molar-refractivity contribution is 5.84. The number of likely N-dealkylation sites (tertiary alicyclic amines) is 1. The number of hydrogen-bond donors (Lipinski definition) is 0. The molecule has 2 fully saturated rings. The maximum absolute atomic E-state index is 12.7. The Hall–Kier alpha value is -1.88. The largest absolute Gasteiger partial charge is 0.377 e. The molecular weight excluding hydrogens is 268 g/mol. The summed E-state index contributed by atoms with van der Waals surface area (Å²) in [6, 6.07) is 9.97. The molecule has 1 atom stereocenters. The van der Waals surface area contributed by atoms with E-state index in [-0.39, 0.29) is 23.8 Å². The molecule has 2 amide bonds. The third-order valence-corrected chi connectivity index (χ3v) is 4.27. The van der Waals surface area contributed by atoms with Crippen LogP contribution in [-0.2, 0) is 14.3 Å². The molecule has 2 heterocycles. The number of hydrogen-bond acceptors (Lipinski definition) is 3. The lowest BCUT2D eigenvalue weighted by Crippen LogP contribution is -2.57. The monoisotopic (exact) mass is 288 g/mol. The van der Waals surface area contributed by atoms with Crippen molar-refractivity contribution >= 4 is 11.8 Å². The normalized spacial score (nSPS) is 22.8. The van der Waals surface area contributed by atoms with E-state index in [0.29, 0.717) is 32.8 Å². The molecule has 0 bridgehead atoms. The van der Waals surface area contributed by atoms with Gasteiger partial charge in [0.2, 0.25) is 11.8 Å². The SMILES string of the molecule is CC(=O)N1CC(C(=O)N2CCOCC2c2ccccc2)C1. The van der Waals surface area contributed by atoms with Gasteiger partial charge in [0, 0.05) is 26.6 Å². The molecule has 0 aliphatic carbocycles. The highest BCUT2D eigenvalue weighted by Crippen LogP contribution is 2.28. The number of ether oxygens (including phenoxy) is 1. The fraction of sp³-hybridized carbons (Fsp3) is 0.500. The van der Waals surface area contributed by atoms with Crippen molar-refractivity contribution in [2.75, 3.05) is 32.8 Å². The Kier molecular flexibility index (Phi) is 3.92. The molecule has 21 heavy (non-hydrogen) atoms. The van der Waals surface area contributed by atoms with Crippen molar-refractivity contribution in [1.29, 1.82) is 0 Å². The van der Waals surface area contributed by atoms with Gasteiger partial charge in [0.15, 0.2) is 0 Å². The van der Waals surface area contributed by atoms with Gasteiger partial charge in [0.1, 0.15) is 0 Å². The summed E-state index contributed by atoms with van der Waals surface area (Å²) >= 11 is 0. The molecular formula is C16H20N2O3. The highest BCUT2D eigenvalue weighted by Gasteiger charge is 2.39. The van der Waals surface area contributed by atoms with Crippen LogP contribution in [0.25, 0.3) is 0 Å². The summed E-state index contributed by atoms with van der Waals surface area (Å²) in [5, 5.41) is 0. The zero-order chi connectivity index (χ0) is 14.8. The minimum atomic E-state index is -0.0572. The maximum Gasteiger partial charge on any atom is 0.229 e. The number of morpholine rings is 1. The average Bonchev–Trinajstić information content (AvgIpc) is 2.46. The third kappa shape index (κ3) is 2.78. The standard InChI is InChI=1S/C16H20N2O3/c1-12(19)17-9-14(10-17)16(20)18-7-8-21-11-15(18)13-5-3-2-4-6-13/h2-6,14-15H,7-11H2,1H3. The van der Waals surface area contributed by atoms with Gasteiger partial charge >= 0.3 is 0 Å². The Morgan fingerprint density at radius 2 is 1.90 bits per heavy atom. The van der Waals surface area contributed by atoms with Crippen LogP contribution in [0.3, 0.4) is 0 Å². The first-order chi connectivity index (χ1) is 10.2. The van der Waals surface area contributed by atoms with Crippen molar-refractivity contribution in [1.82, 2.24) is 9.80 Å². The summed E-state index contributed by atoms with van der Waals surface area (Å²) in [7, 11) is 0. The van der Waals surface area contributed by atoms with Gasteiger partial charge in [0.05, 0.1) is 25.2 Å². The number of amides is 2. The first-order valence-corrected chi connectivity index (χ1v) is 7.35. The topological polar surface area (TPSA) is 49.9 Å². The minimum absolute atomic E-state index is 0.0150. The van der Waals surface area contributed by atoms with Crippen molar-refractivity contribution in [3.63, 3.8) is 0 Å². The Labute approximate surface area is 124 Å². The Bertz CT molecular complexity index is 526. The zero-order valence-corrected chi connectivity index (χ0v) is 12.2. The fourth-order valence-corrected chi connectivity index (χ4v) is 2.95. The number of rotatable bonds is 2. The summed E-state index contributed by atoms with van der Waals surface area (Å²) in [5.41, 5.74) is 1.10. The van der Waals surface area contributed by atoms with Crippen molar-refractivity contribution in [2.24, 2.45) is 5.92 Å². The number of nitrogens with zero attached hydrogens (tertiary/aromatic N) is 2. The zero-order valence-electron chi connectivity index (χ0n) is 12.2. The van der Waals surface area contributed by atoms with Crippen LogP contribution in [0.4, 0.5) is 0 Å². The number of carbonyl (C=O) groups is 2. The molecule has 1 unspecified atom stereocenters. The molecule has 2 saturated heterocycles. The van der Waals surface area contributed by atoms with Gasteiger partial charge in [-0.05, 0) is 5.56 Å². The van der Waals surface area contributed by atoms with Crippen LogP contribution in [0.2, 0.25) is 0 Å². The maximum atomic E-state index is 12.7. The predicted octanol–water partition coefficient (Wildman–Crippen LogP) is 1.06. The van der Waals surface area contributed by atoms with E-state index in [9.17, 15) is 9.59 Å². The Morgan fingerprint density at radius 1 is 1.19 bits per heavy atom. The van der Waals surface area contributed by atoms with Crippen LogP contribution in [-0.4, -0.2) is 54.5 Å². The summed E-state index contributed by atoms with van der Waals surface area (Å²) < 4.78 is 5.55. The lowest BCUT2D eigenvalue weighted by atomic mass is 9.96. The number of carbonyl (C=O) groups excluding carboxylic acids is 2. The molecule has 3 rings (SSSR count). The summed E-state index contributed by atoms with van der Waals surface area (Å²) in [6.45, 7) is 4.38. The van der Waals surface area contributed by atoms with Crippen LogP contribution in [0.1, 0.15) is 18.5 Å². The average molecular weight is 288 g/mol. The van der Waals surface area contributed by atoms with Crippen LogP contribution in [0.15, 0.2) is 30.3 Å². The van der Waals surface area contributed by atoms with E-state index in [0.717, 1.165) is 5.56 Å². The first kappa shape index (κ1) is 14.1. The Balaban J connectivity index is 1.70. The van der Waals surface area contributed by atoms with Crippen LogP contribution < -0.4 is 0 Å². The Morgan fingerprint density at radius 3 is 2.57 bits per heavy atom. The summed E-state index contributed by atoms with van der Waals surface area (Å²) in [6.07, 6.45) is 0. The van der Waals surface area contributed by atoms with Gasteiger partial charge in [-0.1, -0.05) is 30.3 Å². The molecule has 0 radical (unpaired) electrons. The predicted molar refractivity (Wildman–Crippen MR) is 77.5 cm³/mol. The van der Waals surface area contributed by atoms with Crippen LogP contribution in [0.5, 0.6) is 0 Å². The molecule has 2 aliphatic rings. The van der Waals surface area contributed by atoms with Crippen molar-refractivity contribution in [3.8, 4) is 0 Å².